The van der Waals surface area contributed by atoms with Crippen LogP contribution in [0.25, 0.3) is 0 Å². The molecule has 1 aliphatic heterocycles. The van der Waals surface area contributed by atoms with E-state index in [9.17, 15) is 0 Å². The second-order valence-electron chi connectivity index (χ2n) is 5.71. The molecule has 2 heteroatoms. The molecule has 0 saturated carbocycles. The van der Waals surface area contributed by atoms with Crippen molar-refractivity contribution >= 4 is 0 Å². The van der Waals surface area contributed by atoms with Crippen molar-refractivity contribution in [1.29, 1.82) is 0 Å². The fourth-order valence-electron chi connectivity index (χ4n) is 3.16. The van der Waals surface area contributed by atoms with E-state index in [0.29, 0.717) is 0 Å². The van der Waals surface area contributed by atoms with Crippen LogP contribution in [-0.2, 0) is 6.42 Å². The molecule has 1 aliphatic rings. The third kappa shape index (κ3) is 4.96. The van der Waals surface area contributed by atoms with Crippen LogP contribution < -0.4 is 5.73 Å². The molecular formula is C17H28N2. The normalized spacial score (nSPS) is 20.6. The maximum absolute atomic E-state index is 5.73. The van der Waals surface area contributed by atoms with E-state index < -0.39 is 0 Å². The number of rotatable bonds is 7. The largest absolute Gasteiger partial charge is 0.330 e. The summed E-state index contributed by atoms with van der Waals surface area (Å²) in [5.74, 6) is 0. The summed E-state index contributed by atoms with van der Waals surface area (Å²) in [6.07, 6.45) is 9.14. The van der Waals surface area contributed by atoms with E-state index in [2.05, 4.69) is 35.2 Å². The average molecular weight is 260 g/mol. The molecule has 0 radical (unpaired) electrons. The van der Waals surface area contributed by atoms with Crippen LogP contribution in [0.5, 0.6) is 0 Å². The van der Waals surface area contributed by atoms with Gasteiger partial charge in [0.1, 0.15) is 0 Å². The summed E-state index contributed by atoms with van der Waals surface area (Å²) < 4.78 is 0. The molecule has 1 aromatic rings. The first kappa shape index (κ1) is 14.5. The van der Waals surface area contributed by atoms with Gasteiger partial charge in [-0.15, -0.1) is 0 Å². The summed E-state index contributed by atoms with van der Waals surface area (Å²) in [6.45, 7) is 3.39. The summed E-state index contributed by atoms with van der Waals surface area (Å²) in [6, 6.07) is 11.6. The van der Waals surface area contributed by atoms with Gasteiger partial charge in [0, 0.05) is 6.04 Å². The molecule has 0 bridgehead atoms. The molecule has 1 heterocycles. The number of piperidine rings is 1. The molecule has 19 heavy (non-hydrogen) atoms. The monoisotopic (exact) mass is 260 g/mol. The molecule has 1 fully saturated rings. The third-order valence-electron chi connectivity index (χ3n) is 4.25. The molecule has 0 aromatic heterocycles. The van der Waals surface area contributed by atoms with Crippen molar-refractivity contribution in [1.82, 2.24) is 4.90 Å². The minimum atomic E-state index is 0.760. The van der Waals surface area contributed by atoms with Crippen LogP contribution in [0, 0.1) is 0 Å². The molecule has 1 aromatic carbocycles. The van der Waals surface area contributed by atoms with Crippen LogP contribution in [0.1, 0.15) is 44.1 Å². The van der Waals surface area contributed by atoms with Crippen molar-refractivity contribution in [3.8, 4) is 0 Å². The Morgan fingerprint density at radius 1 is 1.11 bits per heavy atom. The van der Waals surface area contributed by atoms with Crippen molar-refractivity contribution < 1.29 is 0 Å². The van der Waals surface area contributed by atoms with Crippen LogP contribution in [0.15, 0.2) is 30.3 Å². The van der Waals surface area contributed by atoms with Gasteiger partial charge in [-0.1, -0.05) is 36.8 Å². The summed E-state index contributed by atoms with van der Waals surface area (Å²) >= 11 is 0. The third-order valence-corrected chi connectivity index (χ3v) is 4.25. The summed E-state index contributed by atoms with van der Waals surface area (Å²) in [4.78, 5) is 2.68. The van der Waals surface area contributed by atoms with Crippen molar-refractivity contribution in [3.63, 3.8) is 0 Å². The molecule has 2 rings (SSSR count). The Morgan fingerprint density at radius 3 is 2.74 bits per heavy atom. The summed E-state index contributed by atoms with van der Waals surface area (Å²) in [7, 11) is 0. The molecule has 0 spiro atoms. The highest BCUT2D eigenvalue weighted by atomic mass is 15.2. The highest BCUT2D eigenvalue weighted by Crippen LogP contribution is 2.19. The maximum Gasteiger partial charge on any atom is 0.0107 e. The number of nitrogens with zero attached hydrogens (tertiary/aromatic N) is 1. The van der Waals surface area contributed by atoms with Crippen LogP contribution in [0.4, 0.5) is 0 Å². The average Bonchev–Trinajstić information content (AvgIpc) is 2.47. The molecule has 2 nitrogen and oxygen atoms in total. The number of unbranched alkanes of at least 4 members (excludes halogenated alkanes) is 1. The minimum Gasteiger partial charge on any atom is -0.330 e. The highest BCUT2D eigenvalue weighted by molar-refractivity contribution is 5.14. The van der Waals surface area contributed by atoms with Crippen molar-refractivity contribution in [2.24, 2.45) is 5.73 Å². The number of hydrogen-bond acceptors (Lipinski definition) is 2. The molecule has 1 saturated heterocycles. The van der Waals surface area contributed by atoms with Gasteiger partial charge in [-0.3, -0.25) is 0 Å². The molecule has 106 valence electrons. The zero-order valence-corrected chi connectivity index (χ0v) is 12.1. The first-order valence-electron chi connectivity index (χ1n) is 7.88. The van der Waals surface area contributed by atoms with E-state index in [1.165, 1.54) is 63.6 Å². The molecule has 0 amide bonds. The lowest BCUT2D eigenvalue weighted by atomic mass is 9.98. The summed E-state index contributed by atoms with van der Waals surface area (Å²) in [5.41, 5.74) is 7.20. The molecule has 1 unspecified atom stereocenters. The fraction of sp³-hybridized carbons (Fsp3) is 0.647. The Kier molecular flexibility index (Phi) is 6.38. The van der Waals surface area contributed by atoms with Crippen LogP contribution >= 0.6 is 0 Å². The van der Waals surface area contributed by atoms with Gasteiger partial charge >= 0.3 is 0 Å². The number of aryl methyl sites for hydroxylation is 1. The molecule has 2 N–H and O–H groups in total. The van der Waals surface area contributed by atoms with Crippen molar-refractivity contribution in [2.45, 2.75) is 51.0 Å². The van der Waals surface area contributed by atoms with Crippen molar-refractivity contribution in [3.05, 3.63) is 35.9 Å². The second-order valence-corrected chi connectivity index (χ2v) is 5.71. The minimum absolute atomic E-state index is 0.760. The van der Waals surface area contributed by atoms with Gasteiger partial charge in [0.05, 0.1) is 0 Å². The topological polar surface area (TPSA) is 29.3 Å². The van der Waals surface area contributed by atoms with Gasteiger partial charge in [0.2, 0.25) is 0 Å². The van der Waals surface area contributed by atoms with Gasteiger partial charge in [-0.2, -0.15) is 0 Å². The lowest BCUT2D eigenvalue weighted by Gasteiger charge is -2.35. The zero-order chi connectivity index (χ0) is 13.3. The van der Waals surface area contributed by atoms with Crippen molar-refractivity contribution in [2.75, 3.05) is 19.6 Å². The molecule has 0 aliphatic carbocycles. The summed E-state index contributed by atoms with van der Waals surface area (Å²) in [5, 5.41) is 0. The fourth-order valence-corrected chi connectivity index (χ4v) is 3.16. The van der Waals surface area contributed by atoms with Gasteiger partial charge in [-0.05, 0) is 63.7 Å². The van der Waals surface area contributed by atoms with E-state index in [-0.39, 0.29) is 0 Å². The van der Waals surface area contributed by atoms with Gasteiger partial charge in [-0.25, -0.2) is 0 Å². The Hall–Kier alpha value is -0.860. The lowest BCUT2D eigenvalue weighted by Crippen LogP contribution is -2.41. The van der Waals surface area contributed by atoms with E-state index >= 15 is 0 Å². The van der Waals surface area contributed by atoms with E-state index in [1.807, 2.05) is 0 Å². The van der Waals surface area contributed by atoms with E-state index in [4.69, 9.17) is 5.73 Å². The Balaban J connectivity index is 1.66. The van der Waals surface area contributed by atoms with Gasteiger partial charge in [0.15, 0.2) is 0 Å². The molecule has 1 atom stereocenters. The lowest BCUT2D eigenvalue weighted by molar-refractivity contribution is 0.139. The number of nitrogens with two attached hydrogens (primary N) is 1. The number of benzene rings is 1. The Morgan fingerprint density at radius 2 is 1.95 bits per heavy atom. The standard InChI is InChI=1S/C17H28N2/c18-13-12-17-11-5-7-15-19(17)14-6-4-10-16-8-2-1-3-9-16/h1-3,8-9,17H,4-7,10-15,18H2. The quantitative estimate of drug-likeness (QED) is 0.763. The van der Waals surface area contributed by atoms with E-state index in [0.717, 1.165) is 12.6 Å². The predicted octanol–water partition coefficient (Wildman–Crippen LogP) is 3.21. The second kappa shape index (κ2) is 8.34. The first-order valence-corrected chi connectivity index (χ1v) is 7.88. The predicted molar refractivity (Wildman–Crippen MR) is 82.3 cm³/mol. The molecular weight excluding hydrogens is 232 g/mol. The zero-order valence-electron chi connectivity index (χ0n) is 12.1. The van der Waals surface area contributed by atoms with Gasteiger partial charge in [0.25, 0.3) is 0 Å². The maximum atomic E-state index is 5.73. The van der Waals surface area contributed by atoms with Crippen LogP contribution in [0.3, 0.4) is 0 Å². The number of hydrogen-bond donors (Lipinski definition) is 1. The van der Waals surface area contributed by atoms with Crippen LogP contribution in [0.2, 0.25) is 0 Å². The smallest absolute Gasteiger partial charge is 0.0107 e. The van der Waals surface area contributed by atoms with Gasteiger partial charge < -0.3 is 10.6 Å². The SMILES string of the molecule is NCCC1CCCCN1CCCCc1ccccc1. The Bertz CT molecular complexity index is 334. The van der Waals surface area contributed by atoms with Crippen LogP contribution in [-0.4, -0.2) is 30.6 Å². The van der Waals surface area contributed by atoms with E-state index in [1.54, 1.807) is 0 Å². The Labute approximate surface area is 118 Å². The number of likely N-dealkylation sites (tertiary alicyclic amines) is 1. The highest BCUT2D eigenvalue weighted by Gasteiger charge is 2.20. The first-order chi connectivity index (χ1) is 9.40.